The zero-order valence-corrected chi connectivity index (χ0v) is 8.80. The van der Waals surface area contributed by atoms with Crippen molar-refractivity contribution >= 4 is 0 Å². The van der Waals surface area contributed by atoms with Crippen LogP contribution in [0.2, 0.25) is 0 Å². The number of nitrogens with zero attached hydrogens (tertiary/aromatic N) is 1. The van der Waals surface area contributed by atoms with Gasteiger partial charge in [0.2, 0.25) is 0 Å². The molecule has 1 aliphatic heterocycles. The molecular weight excluding hydrogens is 146 g/mol. The predicted octanol–water partition coefficient (Wildman–Crippen LogP) is 2.37. The van der Waals surface area contributed by atoms with Gasteiger partial charge in [0.05, 0.1) is 0 Å². The molecular formula is C11H21N. The third kappa shape index (κ3) is 0.891. The van der Waals surface area contributed by atoms with Gasteiger partial charge in [-0.3, -0.25) is 0 Å². The molecule has 0 spiro atoms. The van der Waals surface area contributed by atoms with Gasteiger partial charge in [0, 0.05) is 12.6 Å². The molecule has 1 heteroatoms. The van der Waals surface area contributed by atoms with Crippen molar-refractivity contribution in [1.82, 2.24) is 4.90 Å². The Labute approximate surface area is 76.1 Å². The molecule has 0 amide bonds. The summed E-state index contributed by atoms with van der Waals surface area (Å²) in [5, 5.41) is 0. The third-order valence-electron chi connectivity index (χ3n) is 4.28. The van der Waals surface area contributed by atoms with Crippen molar-refractivity contribution in [2.75, 3.05) is 13.1 Å². The Morgan fingerprint density at radius 2 is 2.00 bits per heavy atom. The minimum atomic E-state index is 0.673. The van der Waals surface area contributed by atoms with Crippen LogP contribution in [0, 0.1) is 17.3 Å². The maximum Gasteiger partial charge on any atom is 0.0129 e. The Hall–Kier alpha value is -0.0400. The van der Waals surface area contributed by atoms with Crippen molar-refractivity contribution in [2.24, 2.45) is 17.3 Å². The maximum absolute atomic E-state index is 2.67. The topological polar surface area (TPSA) is 3.24 Å². The van der Waals surface area contributed by atoms with Crippen LogP contribution in [0.3, 0.4) is 0 Å². The molecule has 12 heavy (non-hydrogen) atoms. The number of likely N-dealkylation sites (tertiary alicyclic amines) is 1. The Balaban J connectivity index is 2.07. The van der Waals surface area contributed by atoms with Crippen molar-refractivity contribution in [3.8, 4) is 0 Å². The normalized spacial score (nSPS) is 44.5. The van der Waals surface area contributed by atoms with E-state index in [1.165, 1.54) is 19.5 Å². The van der Waals surface area contributed by atoms with Gasteiger partial charge >= 0.3 is 0 Å². The SMILES string of the molecule is CC[C@@H]1[C@@H]2[C@H](CN1CC)C2(C)C. The van der Waals surface area contributed by atoms with Crippen molar-refractivity contribution in [3.63, 3.8) is 0 Å². The van der Waals surface area contributed by atoms with Crippen LogP contribution in [0.4, 0.5) is 0 Å². The number of hydrogen-bond donors (Lipinski definition) is 0. The summed E-state index contributed by atoms with van der Waals surface area (Å²) in [6.45, 7) is 12.1. The summed E-state index contributed by atoms with van der Waals surface area (Å²) in [4.78, 5) is 2.67. The van der Waals surface area contributed by atoms with E-state index in [1.54, 1.807) is 0 Å². The van der Waals surface area contributed by atoms with E-state index in [-0.39, 0.29) is 0 Å². The fourth-order valence-corrected chi connectivity index (χ4v) is 3.39. The largest absolute Gasteiger partial charge is 0.300 e. The van der Waals surface area contributed by atoms with E-state index < -0.39 is 0 Å². The van der Waals surface area contributed by atoms with Crippen molar-refractivity contribution in [2.45, 2.75) is 40.2 Å². The fourth-order valence-electron chi connectivity index (χ4n) is 3.39. The molecule has 0 N–H and O–H groups in total. The van der Waals surface area contributed by atoms with E-state index in [0.29, 0.717) is 5.41 Å². The molecule has 0 unspecified atom stereocenters. The average molecular weight is 167 g/mol. The van der Waals surface area contributed by atoms with Gasteiger partial charge in [0.1, 0.15) is 0 Å². The first-order chi connectivity index (χ1) is 5.62. The van der Waals surface area contributed by atoms with Crippen LogP contribution in [0.15, 0.2) is 0 Å². The zero-order chi connectivity index (χ0) is 8.93. The Morgan fingerprint density at radius 1 is 1.33 bits per heavy atom. The summed E-state index contributed by atoms with van der Waals surface area (Å²) in [5.74, 6) is 2.03. The summed E-state index contributed by atoms with van der Waals surface area (Å²) in [6, 6.07) is 0.898. The quantitative estimate of drug-likeness (QED) is 0.610. The first-order valence-electron chi connectivity index (χ1n) is 5.37. The standard InChI is InChI=1S/C11H21N/c1-5-9-10-8(11(10,3)4)7-12(9)6-2/h8-10H,5-7H2,1-4H3/t8-,9+,10-/m0/s1. The van der Waals surface area contributed by atoms with Gasteiger partial charge in [-0.05, 0) is 30.2 Å². The number of fused-ring (bicyclic) bond motifs is 1. The molecule has 1 aliphatic carbocycles. The van der Waals surface area contributed by atoms with Crippen LogP contribution in [0.25, 0.3) is 0 Å². The Kier molecular flexibility index (Phi) is 1.76. The zero-order valence-electron chi connectivity index (χ0n) is 8.80. The van der Waals surface area contributed by atoms with Gasteiger partial charge in [-0.25, -0.2) is 0 Å². The highest BCUT2D eigenvalue weighted by molar-refractivity contribution is 5.15. The minimum Gasteiger partial charge on any atom is -0.300 e. The molecule has 0 aromatic carbocycles. The highest BCUT2D eigenvalue weighted by atomic mass is 15.2. The van der Waals surface area contributed by atoms with Crippen LogP contribution in [0.1, 0.15) is 34.1 Å². The molecule has 1 heterocycles. The van der Waals surface area contributed by atoms with Crippen LogP contribution in [0.5, 0.6) is 0 Å². The predicted molar refractivity (Wildman–Crippen MR) is 52.1 cm³/mol. The molecule has 0 bridgehead atoms. The van der Waals surface area contributed by atoms with Gasteiger partial charge in [-0.1, -0.05) is 27.7 Å². The van der Waals surface area contributed by atoms with E-state index in [0.717, 1.165) is 17.9 Å². The molecule has 0 radical (unpaired) electrons. The second kappa shape index (κ2) is 2.47. The second-order valence-corrected chi connectivity index (χ2v) is 5.02. The molecule has 0 aromatic rings. The molecule has 1 saturated carbocycles. The van der Waals surface area contributed by atoms with Crippen LogP contribution < -0.4 is 0 Å². The highest BCUT2D eigenvalue weighted by Crippen LogP contribution is 2.65. The summed E-state index contributed by atoms with van der Waals surface area (Å²) in [6.07, 6.45) is 1.35. The summed E-state index contributed by atoms with van der Waals surface area (Å²) >= 11 is 0. The van der Waals surface area contributed by atoms with Crippen molar-refractivity contribution in [3.05, 3.63) is 0 Å². The minimum absolute atomic E-state index is 0.673. The van der Waals surface area contributed by atoms with E-state index in [9.17, 15) is 0 Å². The van der Waals surface area contributed by atoms with Gasteiger partial charge in [0.15, 0.2) is 0 Å². The van der Waals surface area contributed by atoms with Gasteiger partial charge in [-0.15, -0.1) is 0 Å². The molecule has 1 nitrogen and oxygen atoms in total. The molecule has 70 valence electrons. The third-order valence-corrected chi connectivity index (χ3v) is 4.28. The molecule has 2 rings (SSSR count). The monoisotopic (exact) mass is 167 g/mol. The lowest BCUT2D eigenvalue weighted by molar-refractivity contribution is 0.186. The lowest BCUT2D eigenvalue weighted by atomic mass is 10.00. The van der Waals surface area contributed by atoms with E-state index in [2.05, 4.69) is 32.6 Å². The summed E-state index contributed by atoms with van der Waals surface area (Å²) in [7, 11) is 0. The molecule has 3 atom stereocenters. The molecule has 2 fully saturated rings. The first kappa shape index (κ1) is 8.55. The van der Waals surface area contributed by atoms with Crippen molar-refractivity contribution < 1.29 is 0 Å². The number of piperidine rings is 1. The lowest BCUT2D eigenvalue weighted by Gasteiger charge is -2.28. The average Bonchev–Trinajstić information content (AvgIpc) is 2.50. The van der Waals surface area contributed by atoms with Crippen LogP contribution >= 0.6 is 0 Å². The van der Waals surface area contributed by atoms with Crippen LogP contribution in [-0.4, -0.2) is 24.0 Å². The van der Waals surface area contributed by atoms with E-state index in [1.807, 2.05) is 0 Å². The number of hydrogen-bond acceptors (Lipinski definition) is 1. The Bertz CT molecular complexity index is 185. The van der Waals surface area contributed by atoms with E-state index >= 15 is 0 Å². The van der Waals surface area contributed by atoms with Gasteiger partial charge < -0.3 is 4.90 Å². The fraction of sp³-hybridized carbons (Fsp3) is 1.00. The smallest absolute Gasteiger partial charge is 0.0129 e. The summed E-state index contributed by atoms with van der Waals surface area (Å²) < 4.78 is 0. The summed E-state index contributed by atoms with van der Waals surface area (Å²) in [5.41, 5.74) is 0.673. The Morgan fingerprint density at radius 3 is 2.50 bits per heavy atom. The second-order valence-electron chi connectivity index (χ2n) is 5.02. The van der Waals surface area contributed by atoms with Gasteiger partial charge in [0.25, 0.3) is 0 Å². The van der Waals surface area contributed by atoms with Crippen molar-refractivity contribution in [1.29, 1.82) is 0 Å². The van der Waals surface area contributed by atoms with Gasteiger partial charge in [-0.2, -0.15) is 0 Å². The molecule has 2 aliphatic rings. The first-order valence-corrected chi connectivity index (χ1v) is 5.37. The highest BCUT2D eigenvalue weighted by Gasteiger charge is 2.65. The maximum atomic E-state index is 2.67. The molecule has 0 aromatic heterocycles. The van der Waals surface area contributed by atoms with Crippen LogP contribution in [-0.2, 0) is 0 Å². The number of rotatable bonds is 2. The van der Waals surface area contributed by atoms with E-state index in [4.69, 9.17) is 0 Å². The lowest BCUT2D eigenvalue weighted by Crippen LogP contribution is -2.35. The molecule has 1 saturated heterocycles.